The number of benzene rings is 1. The summed E-state index contributed by atoms with van der Waals surface area (Å²) in [7, 11) is 0. The molecule has 0 saturated carbocycles. The fourth-order valence-electron chi connectivity index (χ4n) is 2.40. The van der Waals surface area contributed by atoms with Crippen molar-refractivity contribution in [2.75, 3.05) is 19.8 Å². The molecule has 1 heterocycles. The Morgan fingerprint density at radius 3 is 2.74 bits per heavy atom. The maximum Gasteiger partial charge on any atom is 0.303 e. The molecule has 23 heavy (non-hydrogen) atoms. The summed E-state index contributed by atoms with van der Waals surface area (Å²) in [5.74, 6) is -0.117. The van der Waals surface area contributed by atoms with Crippen LogP contribution < -0.4 is 10.1 Å². The van der Waals surface area contributed by atoms with E-state index in [0.717, 1.165) is 25.0 Å². The second-order valence-electron chi connectivity index (χ2n) is 5.62. The molecule has 1 aliphatic rings. The molecule has 2 N–H and O–H groups in total. The number of carboxylic acid groups (broad SMARTS) is 1. The largest absolute Gasteiger partial charge is 0.494 e. The van der Waals surface area contributed by atoms with Gasteiger partial charge in [-0.25, -0.2) is 0 Å². The maximum absolute atomic E-state index is 12.0. The summed E-state index contributed by atoms with van der Waals surface area (Å²) in [6.07, 6.45) is 2.41. The third-order valence-corrected chi connectivity index (χ3v) is 3.72. The lowest BCUT2D eigenvalue weighted by atomic mass is 10.0. The molecular weight excluding hydrogens is 298 g/mol. The molecule has 6 heteroatoms. The van der Waals surface area contributed by atoms with Crippen LogP contribution in [0.5, 0.6) is 5.75 Å². The van der Waals surface area contributed by atoms with Crippen molar-refractivity contribution in [3.05, 3.63) is 29.8 Å². The zero-order chi connectivity index (χ0) is 16.5. The first-order chi connectivity index (χ1) is 11.1. The van der Waals surface area contributed by atoms with Crippen molar-refractivity contribution < 1.29 is 24.2 Å². The molecule has 0 radical (unpaired) electrons. The maximum atomic E-state index is 12.0. The monoisotopic (exact) mass is 321 g/mol. The minimum atomic E-state index is -0.817. The lowest BCUT2D eigenvalue weighted by Gasteiger charge is -2.21. The predicted molar refractivity (Wildman–Crippen MR) is 84.2 cm³/mol. The van der Waals surface area contributed by atoms with Crippen LogP contribution in [-0.4, -0.2) is 36.8 Å². The Labute approximate surface area is 135 Å². The smallest absolute Gasteiger partial charge is 0.303 e. The highest BCUT2D eigenvalue weighted by Crippen LogP contribution is 2.15. The van der Waals surface area contributed by atoms with Crippen LogP contribution in [0.3, 0.4) is 0 Å². The number of rotatable bonds is 8. The van der Waals surface area contributed by atoms with Gasteiger partial charge in [-0.15, -0.1) is 0 Å². The molecule has 2 rings (SSSR count). The van der Waals surface area contributed by atoms with Crippen LogP contribution in [0.25, 0.3) is 0 Å². The van der Waals surface area contributed by atoms with E-state index >= 15 is 0 Å². The van der Waals surface area contributed by atoms with Gasteiger partial charge in [-0.1, -0.05) is 12.1 Å². The van der Waals surface area contributed by atoms with E-state index in [2.05, 4.69) is 5.32 Å². The van der Waals surface area contributed by atoms with E-state index in [1.807, 2.05) is 24.3 Å². The van der Waals surface area contributed by atoms with Crippen molar-refractivity contribution in [2.45, 2.75) is 32.2 Å². The van der Waals surface area contributed by atoms with Crippen LogP contribution in [0.2, 0.25) is 0 Å². The summed E-state index contributed by atoms with van der Waals surface area (Å²) in [6.45, 7) is 2.12. The van der Waals surface area contributed by atoms with Gasteiger partial charge in [0.15, 0.2) is 0 Å². The van der Waals surface area contributed by atoms with E-state index in [1.54, 1.807) is 0 Å². The molecule has 1 atom stereocenters. The van der Waals surface area contributed by atoms with Gasteiger partial charge in [0.05, 0.1) is 19.1 Å². The highest BCUT2D eigenvalue weighted by atomic mass is 16.5. The molecule has 1 fully saturated rings. The first-order valence-corrected chi connectivity index (χ1v) is 7.94. The Balaban J connectivity index is 1.69. The average molecular weight is 321 g/mol. The average Bonchev–Trinajstić information content (AvgIpc) is 2.58. The molecule has 0 aliphatic carbocycles. The van der Waals surface area contributed by atoms with Gasteiger partial charge in [0, 0.05) is 19.6 Å². The van der Waals surface area contributed by atoms with Crippen molar-refractivity contribution in [3.8, 4) is 5.75 Å². The van der Waals surface area contributed by atoms with Gasteiger partial charge in [0.1, 0.15) is 5.75 Å². The Morgan fingerprint density at radius 2 is 2.09 bits per heavy atom. The number of carbonyl (C=O) groups excluding carboxylic acids is 1. The SMILES string of the molecule is O=C(O)CCCOc1ccc(CNC(=O)C2CCCOC2)cc1. The van der Waals surface area contributed by atoms with E-state index in [0.29, 0.717) is 31.9 Å². The number of carboxylic acids is 1. The van der Waals surface area contributed by atoms with Gasteiger partial charge in [-0.2, -0.15) is 0 Å². The number of hydrogen-bond acceptors (Lipinski definition) is 4. The van der Waals surface area contributed by atoms with Crippen LogP contribution in [0, 0.1) is 5.92 Å². The molecule has 126 valence electrons. The molecule has 0 aromatic heterocycles. The molecule has 6 nitrogen and oxygen atoms in total. The van der Waals surface area contributed by atoms with Crippen molar-refractivity contribution in [2.24, 2.45) is 5.92 Å². The van der Waals surface area contributed by atoms with Crippen LogP contribution in [0.1, 0.15) is 31.2 Å². The van der Waals surface area contributed by atoms with Gasteiger partial charge in [0.25, 0.3) is 0 Å². The van der Waals surface area contributed by atoms with Crippen LogP contribution in [0.15, 0.2) is 24.3 Å². The number of carbonyl (C=O) groups is 2. The number of aliphatic carboxylic acids is 1. The molecule has 0 bridgehead atoms. The molecule has 1 unspecified atom stereocenters. The Kier molecular flexibility index (Phi) is 6.87. The normalized spacial score (nSPS) is 17.5. The highest BCUT2D eigenvalue weighted by molar-refractivity contribution is 5.78. The predicted octanol–water partition coefficient (Wildman–Crippen LogP) is 1.97. The lowest BCUT2D eigenvalue weighted by Crippen LogP contribution is -2.35. The summed E-state index contributed by atoms with van der Waals surface area (Å²) in [5, 5.41) is 11.5. The third kappa shape index (κ3) is 6.28. The Morgan fingerprint density at radius 1 is 1.30 bits per heavy atom. The second-order valence-corrected chi connectivity index (χ2v) is 5.62. The summed E-state index contributed by atoms with van der Waals surface area (Å²) in [6, 6.07) is 7.44. The minimum Gasteiger partial charge on any atom is -0.494 e. The summed E-state index contributed by atoms with van der Waals surface area (Å²) in [5.41, 5.74) is 0.993. The summed E-state index contributed by atoms with van der Waals surface area (Å²) in [4.78, 5) is 22.4. The quantitative estimate of drug-likeness (QED) is 0.715. The zero-order valence-electron chi connectivity index (χ0n) is 13.1. The Bertz CT molecular complexity index is 508. The number of ether oxygens (including phenoxy) is 2. The topological polar surface area (TPSA) is 84.9 Å². The molecule has 1 aromatic carbocycles. The van der Waals surface area contributed by atoms with E-state index in [9.17, 15) is 9.59 Å². The highest BCUT2D eigenvalue weighted by Gasteiger charge is 2.21. The molecule has 1 aliphatic heterocycles. The standard InChI is InChI=1S/C17H23NO5/c19-16(20)4-2-10-23-15-7-5-13(6-8-15)11-18-17(21)14-3-1-9-22-12-14/h5-8,14H,1-4,9-12H2,(H,18,21)(H,19,20). The van der Waals surface area contributed by atoms with Crippen molar-refractivity contribution in [1.29, 1.82) is 0 Å². The molecule has 1 aromatic rings. The fraction of sp³-hybridized carbons (Fsp3) is 0.529. The molecule has 1 amide bonds. The molecule has 0 spiro atoms. The first-order valence-electron chi connectivity index (χ1n) is 7.94. The molecule has 1 saturated heterocycles. The number of amides is 1. The van der Waals surface area contributed by atoms with E-state index in [1.165, 1.54) is 0 Å². The number of hydrogen-bond donors (Lipinski definition) is 2. The van der Waals surface area contributed by atoms with Gasteiger partial charge >= 0.3 is 5.97 Å². The zero-order valence-corrected chi connectivity index (χ0v) is 13.1. The third-order valence-electron chi connectivity index (χ3n) is 3.72. The van der Waals surface area contributed by atoms with Gasteiger partial charge in [-0.3, -0.25) is 9.59 Å². The van der Waals surface area contributed by atoms with E-state index in [-0.39, 0.29) is 18.2 Å². The minimum absolute atomic E-state index is 0.0405. The first kappa shape index (κ1) is 17.3. The van der Waals surface area contributed by atoms with Crippen molar-refractivity contribution in [3.63, 3.8) is 0 Å². The van der Waals surface area contributed by atoms with E-state index < -0.39 is 5.97 Å². The van der Waals surface area contributed by atoms with Crippen LogP contribution >= 0.6 is 0 Å². The van der Waals surface area contributed by atoms with Gasteiger partial charge in [-0.05, 0) is 37.0 Å². The van der Waals surface area contributed by atoms with Gasteiger partial charge in [0.2, 0.25) is 5.91 Å². The van der Waals surface area contributed by atoms with Crippen molar-refractivity contribution in [1.82, 2.24) is 5.32 Å². The summed E-state index contributed by atoms with van der Waals surface area (Å²) >= 11 is 0. The van der Waals surface area contributed by atoms with Gasteiger partial charge < -0.3 is 19.9 Å². The second kappa shape index (κ2) is 9.15. The van der Waals surface area contributed by atoms with E-state index in [4.69, 9.17) is 14.6 Å². The van der Waals surface area contributed by atoms with Crippen LogP contribution in [0.4, 0.5) is 0 Å². The number of nitrogens with one attached hydrogen (secondary N) is 1. The lowest BCUT2D eigenvalue weighted by molar-refractivity contribution is -0.137. The fourth-order valence-corrected chi connectivity index (χ4v) is 2.40. The summed E-state index contributed by atoms with van der Waals surface area (Å²) < 4.78 is 10.8. The van der Waals surface area contributed by atoms with Crippen LogP contribution in [-0.2, 0) is 20.9 Å². The van der Waals surface area contributed by atoms with Crippen molar-refractivity contribution >= 4 is 11.9 Å². The Hall–Kier alpha value is -2.08. The molecular formula is C17H23NO5.